The van der Waals surface area contributed by atoms with Crippen LogP contribution < -0.4 is 4.74 Å². The lowest BCUT2D eigenvalue weighted by atomic mass is 10.2. The fraction of sp³-hybridized carbons (Fsp3) is 0.125. The van der Waals surface area contributed by atoms with Crippen molar-refractivity contribution in [1.82, 2.24) is 9.55 Å². The first kappa shape index (κ1) is 14.6. The first-order chi connectivity index (χ1) is 10.6. The number of benzene rings is 1. The molecule has 0 amide bonds. The third-order valence-electron chi connectivity index (χ3n) is 3.45. The van der Waals surface area contributed by atoms with Crippen LogP contribution in [0.4, 0.5) is 0 Å². The molecule has 0 fully saturated rings. The van der Waals surface area contributed by atoms with Gasteiger partial charge in [0.05, 0.1) is 18.0 Å². The lowest BCUT2D eigenvalue weighted by Gasteiger charge is -2.09. The van der Waals surface area contributed by atoms with Crippen molar-refractivity contribution in [1.29, 1.82) is 0 Å². The molecule has 1 N–H and O–H groups in total. The first-order valence-electron chi connectivity index (χ1n) is 6.59. The van der Waals surface area contributed by atoms with Gasteiger partial charge in [0.25, 0.3) is 0 Å². The number of halogens is 1. The van der Waals surface area contributed by atoms with Gasteiger partial charge in [-0.15, -0.1) is 0 Å². The molecule has 0 bridgehead atoms. The van der Waals surface area contributed by atoms with Crippen molar-refractivity contribution in [3.63, 3.8) is 0 Å². The first-order valence-corrected chi connectivity index (χ1v) is 7.39. The number of carbonyl (C=O) groups is 1. The van der Waals surface area contributed by atoms with E-state index in [1.165, 1.54) is 13.3 Å². The molecule has 2 heterocycles. The number of rotatable bonds is 4. The minimum Gasteiger partial charge on any atom is -0.481 e. The molecule has 0 aliphatic heterocycles. The molecule has 0 aliphatic rings. The average molecular weight is 361 g/mol. The van der Waals surface area contributed by atoms with Crippen LogP contribution in [0.5, 0.6) is 5.88 Å². The Morgan fingerprint density at radius 1 is 1.32 bits per heavy atom. The van der Waals surface area contributed by atoms with Crippen molar-refractivity contribution in [3.05, 3.63) is 58.3 Å². The molecule has 0 atom stereocenters. The summed E-state index contributed by atoms with van der Waals surface area (Å²) in [6, 6.07) is 9.73. The second kappa shape index (κ2) is 5.81. The van der Waals surface area contributed by atoms with Crippen molar-refractivity contribution in [3.8, 4) is 5.88 Å². The zero-order chi connectivity index (χ0) is 15.7. The lowest BCUT2D eigenvalue weighted by Crippen LogP contribution is -2.05. The fourth-order valence-electron chi connectivity index (χ4n) is 2.44. The van der Waals surface area contributed by atoms with Gasteiger partial charge < -0.3 is 14.4 Å². The van der Waals surface area contributed by atoms with Crippen LogP contribution in [-0.2, 0) is 6.54 Å². The molecule has 2 aromatic heterocycles. The Kier molecular flexibility index (Phi) is 3.85. The molecule has 6 heteroatoms. The monoisotopic (exact) mass is 360 g/mol. The fourth-order valence-corrected chi connectivity index (χ4v) is 2.70. The van der Waals surface area contributed by atoms with Crippen LogP contribution in [0, 0.1) is 0 Å². The normalized spacial score (nSPS) is 10.8. The SMILES string of the molecule is COc1ncc(C(=O)O)c2c1ccn2Cc1ccc(Br)cc1. The zero-order valence-corrected chi connectivity index (χ0v) is 13.4. The van der Waals surface area contributed by atoms with Crippen LogP contribution >= 0.6 is 15.9 Å². The van der Waals surface area contributed by atoms with E-state index < -0.39 is 5.97 Å². The van der Waals surface area contributed by atoms with Crippen LogP contribution in [0.3, 0.4) is 0 Å². The summed E-state index contributed by atoms with van der Waals surface area (Å²) in [6.45, 7) is 0.574. The summed E-state index contributed by atoms with van der Waals surface area (Å²) >= 11 is 3.40. The number of aromatic nitrogens is 2. The summed E-state index contributed by atoms with van der Waals surface area (Å²) in [5.74, 6) is -0.578. The number of ether oxygens (including phenoxy) is 1. The number of hydrogen-bond acceptors (Lipinski definition) is 3. The van der Waals surface area contributed by atoms with E-state index in [9.17, 15) is 9.90 Å². The van der Waals surface area contributed by atoms with E-state index in [4.69, 9.17) is 4.74 Å². The summed E-state index contributed by atoms with van der Waals surface area (Å²) in [5.41, 5.74) is 1.85. The van der Waals surface area contributed by atoms with Gasteiger partial charge in [-0.3, -0.25) is 0 Å². The summed E-state index contributed by atoms with van der Waals surface area (Å²) in [7, 11) is 1.52. The molecular formula is C16H13BrN2O3. The highest BCUT2D eigenvalue weighted by atomic mass is 79.9. The lowest BCUT2D eigenvalue weighted by molar-refractivity contribution is 0.0698. The van der Waals surface area contributed by atoms with Gasteiger partial charge in [-0.2, -0.15) is 0 Å². The van der Waals surface area contributed by atoms with E-state index in [0.29, 0.717) is 23.3 Å². The van der Waals surface area contributed by atoms with E-state index in [0.717, 1.165) is 10.0 Å². The predicted octanol–water partition coefficient (Wildman–Crippen LogP) is 3.55. The maximum absolute atomic E-state index is 11.5. The van der Waals surface area contributed by atoms with Crippen LogP contribution in [0.1, 0.15) is 15.9 Å². The Bertz CT molecular complexity index is 840. The highest BCUT2D eigenvalue weighted by molar-refractivity contribution is 9.10. The topological polar surface area (TPSA) is 64.3 Å². The van der Waals surface area contributed by atoms with Crippen LogP contribution in [-0.4, -0.2) is 27.7 Å². The van der Waals surface area contributed by atoms with Crippen molar-refractivity contribution in [2.45, 2.75) is 6.54 Å². The number of nitrogens with zero attached hydrogens (tertiary/aromatic N) is 2. The summed E-state index contributed by atoms with van der Waals surface area (Å²) in [4.78, 5) is 15.5. The molecule has 3 aromatic rings. The molecule has 0 radical (unpaired) electrons. The number of fused-ring (bicyclic) bond motifs is 1. The van der Waals surface area contributed by atoms with Crippen molar-refractivity contribution in [2.75, 3.05) is 7.11 Å². The summed E-state index contributed by atoms with van der Waals surface area (Å²) in [6.07, 6.45) is 3.19. The van der Waals surface area contributed by atoms with Crippen molar-refractivity contribution < 1.29 is 14.6 Å². The van der Waals surface area contributed by atoms with E-state index in [2.05, 4.69) is 20.9 Å². The molecule has 1 aromatic carbocycles. The van der Waals surface area contributed by atoms with Crippen molar-refractivity contribution in [2.24, 2.45) is 0 Å². The summed E-state index contributed by atoms with van der Waals surface area (Å²) < 4.78 is 8.12. The zero-order valence-electron chi connectivity index (χ0n) is 11.8. The second-order valence-corrected chi connectivity index (χ2v) is 5.73. The average Bonchev–Trinajstić information content (AvgIpc) is 2.92. The van der Waals surface area contributed by atoms with Crippen molar-refractivity contribution >= 4 is 32.8 Å². The van der Waals surface area contributed by atoms with Gasteiger partial charge in [-0.25, -0.2) is 9.78 Å². The van der Waals surface area contributed by atoms with E-state index >= 15 is 0 Å². The second-order valence-electron chi connectivity index (χ2n) is 4.82. The number of carboxylic acids is 1. The van der Waals surface area contributed by atoms with E-state index in [1.54, 1.807) is 0 Å². The van der Waals surface area contributed by atoms with Gasteiger partial charge in [0, 0.05) is 23.4 Å². The Morgan fingerprint density at radius 3 is 2.68 bits per heavy atom. The van der Waals surface area contributed by atoms with Gasteiger partial charge >= 0.3 is 5.97 Å². The minimum atomic E-state index is -1.00. The standard InChI is InChI=1S/C16H13BrN2O3/c1-22-15-12-6-7-19(9-10-2-4-11(17)5-3-10)14(12)13(8-18-15)16(20)21/h2-8H,9H2,1H3,(H,20,21). The van der Waals surface area contributed by atoms with E-state index in [-0.39, 0.29) is 5.56 Å². The van der Waals surface area contributed by atoms with Gasteiger partial charge in [-0.05, 0) is 23.8 Å². The highest BCUT2D eigenvalue weighted by Gasteiger charge is 2.17. The molecule has 0 saturated heterocycles. The van der Waals surface area contributed by atoms with Gasteiger partial charge in [0.15, 0.2) is 0 Å². The Hall–Kier alpha value is -2.34. The van der Waals surface area contributed by atoms with Gasteiger partial charge in [-0.1, -0.05) is 28.1 Å². The Morgan fingerprint density at radius 2 is 2.05 bits per heavy atom. The number of carboxylic acid groups (broad SMARTS) is 1. The molecule has 0 unspecified atom stereocenters. The smallest absolute Gasteiger partial charge is 0.339 e. The van der Waals surface area contributed by atoms with Crippen LogP contribution in [0.25, 0.3) is 10.9 Å². The van der Waals surface area contributed by atoms with Gasteiger partial charge in [0.2, 0.25) is 5.88 Å². The number of methoxy groups -OCH3 is 1. The van der Waals surface area contributed by atoms with Crippen LogP contribution in [0.15, 0.2) is 47.2 Å². The largest absolute Gasteiger partial charge is 0.481 e. The van der Waals surface area contributed by atoms with E-state index in [1.807, 2.05) is 41.1 Å². The Balaban J connectivity index is 2.13. The quantitative estimate of drug-likeness (QED) is 0.772. The maximum atomic E-state index is 11.5. The molecule has 3 rings (SSSR count). The third kappa shape index (κ3) is 2.57. The number of pyridine rings is 1. The Labute approximate surface area is 135 Å². The molecule has 0 spiro atoms. The summed E-state index contributed by atoms with van der Waals surface area (Å²) in [5, 5.41) is 10.1. The molecule has 0 aliphatic carbocycles. The van der Waals surface area contributed by atoms with Crippen LogP contribution in [0.2, 0.25) is 0 Å². The molecule has 5 nitrogen and oxygen atoms in total. The predicted molar refractivity (Wildman–Crippen MR) is 86.5 cm³/mol. The molecule has 22 heavy (non-hydrogen) atoms. The highest BCUT2D eigenvalue weighted by Crippen LogP contribution is 2.28. The molecule has 112 valence electrons. The van der Waals surface area contributed by atoms with Gasteiger partial charge in [0.1, 0.15) is 5.56 Å². The molecular weight excluding hydrogens is 348 g/mol. The number of aromatic carboxylic acids is 1. The maximum Gasteiger partial charge on any atom is 0.339 e. The minimum absolute atomic E-state index is 0.165. The molecule has 0 saturated carbocycles. The third-order valence-corrected chi connectivity index (χ3v) is 3.98. The number of hydrogen-bond donors (Lipinski definition) is 1.